The van der Waals surface area contributed by atoms with Crippen LogP contribution in [0.3, 0.4) is 0 Å². The normalized spacial score (nSPS) is 16.4. The van der Waals surface area contributed by atoms with Gasteiger partial charge in [-0.15, -0.1) is 4.99 Å². The zero-order chi connectivity index (χ0) is 11.8. The lowest BCUT2D eigenvalue weighted by molar-refractivity contribution is 0.258. The topological polar surface area (TPSA) is 138 Å². The summed E-state index contributed by atoms with van der Waals surface area (Å²) < 4.78 is 0. The SMILES string of the molecule is N#CN=C(N)NCN1CN=C(NC#N)NC1. The van der Waals surface area contributed by atoms with E-state index in [2.05, 4.69) is 25.9 Å². The van der Waals surface area contributed by atoms with Gasteiger partial charge in [-0.1, -0.05) is 0 Å². The Balaban J connectivity index is 2.31. The smallest absolute Gasteiger partial charge is 0.209 e. The average molecular weight is 221 g/mol. The Morgan fingerprint density at radius 2 is 2.50 bits per heavy atom. The molecule has 0 saturated carbocycles. The van der Waals surface area contributed by atoms with Crippen molar-refractivity contribution >= 4 is 11.9 Å². The summed E-state index contributed by atoms with van der Waals surface area (Å²) >= 11 is 0. The zero-order valence-electron chi connectivity index (χ0n) is 8.43. The number of nitrogens with zero attached hydrogens (tertiary/aromatic N) is 5. The molecule has 0 bridgehead atoms. The van der Waals surface area contributed by atoms with Crippen LogP contribution < -0.4 is 21.7 Å². The Bertz CT molecular complexity index is 370. The van der Waals surface area contributed by atoms with Crippen LogP contribution in [0, 0.1) is 22.9 Å². The van der Waals surface area contributed by atoms with Crippen LogP contribution in [-0.4, -0.2) is 36.8 Å². The minimum atomic E-state index is 0.0624. The third kappa shape index (κ3) is 3.69. The lowest BCUT2D eigenvalue weighted by Gasteiger charge is -2.25. The highest BCUT2D eigenvalue weighted by atomic mass is 15.4. The van der Waals surface area contributed by atoms with Crippen LogP contribution in [0.2, 0.25) is 0 Å². The van der Waals surface area contributed by atoms with Crippen LogP contribution in [-0.2, 0) is 0 Å². The molecular weight excluding hydrogens is 210 g/mol. The van der Waals surface area contributed by atoms with Crippen molar-refractivity contribution in [2.75, 3.05) is 20.0 Å². The first-order chi connectivity index (χ1) is 7.76. The molecule has 0 aromatic carbocycles. The Labute approximate surface area is 92.2 Å². The van der Waals surface area contributed by atoms with Crippen LogP contribution in [0.4, 0.5) is 0 Å². The van der Waals surface area contributed by atoms with Gasteiger partial charge in [0.05, 0.1) is 20.0 Å². The molecule has 0 aromatic heterocycles. The van der Waals surface area contributed by atoms with Crippen molar-refractivity contribution in [3.63, 3.8) is 0 Å². The van der Waals surface area contributed by atoms with Gasteiger partial charge in [0.2, 0.25) is 18.1 Å². The number of nitriles is 2. The lowest BCUT2D eigenvalue weighted by atomic mass is 10.6. The predicted octanol–water partition coefficient (Wildman–Crippen LogP) is -2.42. The minimum absolute atomic E-state index is 0.0624. The summed E-state index contributed by atoms with van der Waals surface area (Å²) in [4.78, 5) is 9.20. The first kappa shape index (κ1) is 11.6. The number of hydrogen-bond donors (Lipinski definition) is 4. The van der Waals surface area contributed by atoms with Gasteiger partial charge in [-0.2, -0.15) is 10.5 Å². The molecule has 0 saturated heterocycles. The third-order valence-corrected chi connectivity index (χ3v) is 1.73. The summed E-state index contributed by atoms with van der Waals surface area (Å²) in [6.07, 6.45) is 3.34. The molecule has 1 rings (SSSR count). The summed E-state index contributed by atoms with van der Waals surface area (Å²) in [6, 6.07) is 0. The lowest BCUT2D eigenvalue weighted by Crippen LogP contribution is -2.51. The number of rotatable bonds is 2. The summed E-state index contributed by atoms with van der Waals surface area (Å²) in [5.41, 5.74) is 5.35. The highest BCUT2D eigenvalue weighted by molar-refractivity contribution is 5.81. The number of nitrogens with two attached hydrogens (primary N) is 1. The fraction of sp³-hybridized carbons (Fsp3) is 0.429. The average Bonchev–Trinajstić information content (AvgIpc) is 2.29. The van der Waals surface area contributed by atoms with Gasteiger partial charge in [-0.05, 0) is 0 Å². The van der Waals surface area contributed by atoms with E-state index in [1.807, 2.05) is 4.90 Å². The maximum absolute atomic E-state index is 8.35. The molecule has 0 amide bonds. The van der Waals surface area contributed by atoms with Crippen LogP contribution in [0.15, 0.2) is 9.98 Å². The van der Waals surface area contributed by atoms with E-state index in [1.54, 1.807) is 12.4 Å². The molecule has 0 aromatic rings. The van der Waals surface area contributed by atoms with E-state index < -0.39 is 0 Å². The maximum Gasteiger partial charge on any atom is 0.209 e. The largest absolute Gasteiger partial charge is 0.369 e. The van der Waals surface area contributed by atoms with Gasteiger partial charge < -0.3 is 16.4 Å². The zero-order valence-corrected chi connectivity index (χ0v) is 8.43. The van der Waals surface area contributed by atoms with E-state index in [-0.39, 0.29) is 5.96 Å². The first-order valence-corrected chi connectivity index (χ1v) is 4.38. The van der Waals surface area contributed by atoms with Crippen molar-refractivity contribution in [2.24, 2.45) is 15.7 Å². The van der Waals surface area contributed by atoms with Gasteiger partial charge in [0.15, 0.2) is 6.19 Å². The molecule has 9 nitrogen and oxygen atoms in total. The molecule has 1 aliphatic heterocycles. The summed E-state index contributed by atoms with van der Waals surface area (Å²) in [5, 5.41) is 24.6. The minimum Gasteiger partial charge on any atom is -0.369 e. The second-order valence-electron chi connectivity index (χ2n) is 2.82. The Hall–Kier alpha value is -2.52. The summed E-state index contributed by atoms with van der Waals surface area (Å²) in [5.74, 6) is 0.504. The molecule has 1 aliphatic rings. The van der Waals surface area contributed by atoms with Crippen molar-refractivity contribution in [3.05, 3.63) is 0 Å². The van der Waals surface area contributed by atoms with Gasteiger partial charge in [0, 0.05) is 0 Å². The number of nitrogens with one attached hydrogen (secondary N) is 3. The molecule has 0 unspecified atom stereocenters. The Morgan fingerprint density at radius 1 is 1.69 bits per heavy atom. The highest BCUT2D eigenvalue weighted by Gasteiger charge is 2.10. The number of aliphatic imine (C=N–C) groups is 2. The maximum atomic E-state index is 8.35. The molecule has 0 fully saturated rings. The highest BCUT2D eigenvalue weighted by Crippen LogP contribution is 1.90. The monoisotopic (exact) mass is 221 g/mol. The van der Waals surface area contributed by atoms with Crippen LogP contribution in [0.1, 0.15) is 0 Å². The number of hydrogen-bond acceptors (Lipinski definition) is 7. The molecule has 5 N–H and O–H groups in total. The van der Waals surface area contributed by atoms with Gasteiger partial charge in [-0.3, -0.25) is 5.32 Å². The van der Waals surface area contributed by atoms with Gasteiger partial charge >= 0.3 is 0 Å². The second kappa shape index (κ2) is 6.06. The van der Waals surface area contributed by atoms with E-state index >= 15 is 0 Å². The standard InChI is InChI=1S/C7H11N9/c8-1-11-6(10)13-3-16-4-14-7(12-2-9)15-5-16/h3-5H2,(H3,10,11,13)(H2,12,14,15). The van der Waals surface area contributed by atoms with E-state index in [1.165, 1.54) is 0 Å². The fourth-order valence-electron chi connectivity index (χ4n) is 0.992. The molecule has 1 heterocycles. The van der Waals surface area contributed by atoms with Crippen molar-refractivity contribution in [3.8, 4) is 12.4 Å². The van der Waals surface area contributed by atoms with Crippen molar-refractivity contribution in [2.45, 2.75) is 0 Å². The second-order valence-corrected chi connectivity index (χ2v) is 2.82. The molecule has 16 heavy (non-hydrogen) atoms. The molecule has 84 valence electrons. The number of guanidine groups is 2. The van der Waals surface area contributed by atoms with E-state index in [4.69, 9.17) is 16.3 Å². The fourth-order valence-corrected chi connectivity index (χ4v) is 0.992. The van der Waals surface area contributed by atoms with Crippen LogP contribution in [0.25, 0.3) is 0 Å². The predicted molar refractivity (Wildman–Crippen MR) is 56.1 cm³/mol. The molecule has 0 radical (unpaired) electrons. The van der Waals surface area contributed by atoms with E-state index in [9.17, 15) is 0 Å². The van der Waals surface area contributed by atoms with E-state index in [0.717, 1.165) is 0 Å². The van der Waals surface area contributed by atoms with Crippen molar-refractivity contribution in [1.82, 2.24) is 20.9 Å². The van der Waals surface area contributed by atoms with Gasteiger partial charge in [0.25, 0.3) is 0 Å². The molecule has 0 spiro atoms. The molecule has 0 atom stereocenters. The van der Waals surface area contributed by atoms with Crippen LogP contribution >= 0.6 is 0 Å². The Morgan fingerprint density at radius 3 is 3.06 bits per heavy atom. The van der Waals surface area contributed by atoms with E-state index in [0.29, 0.717) is 26.0 Å². The van der Waals surface area contributed by atoms with Crippen molar-refractivity contribution in [1.29, 1.82) is 10.5 Å². The van der Waals surface area contributed by atoms with Crippen molar-refractivity contribution < 1.29 is 0 Å². The molecular formula is C7H11N9. The molecule has 9 heteroatoms. The van der Waals surface area contributed by atoms with Crippen LogP contribution in [0.5, 0.6) is 0 Å². The van der Waals surface area contributed by atoms with Gasteiger partial charge in [-0.25, -0.2) is 9.89 Å². The quantitative estimate of drug-likeness (QED) is 0.176. The first-order valence-electron chi connectivity index (χ1n) is 4.38. The van der Waals surface area contributed by atoms with Gasteiger partial charge in [0.1, 0.15) is 0 Å². The molecule has 0 aliphatic carbocycles. The third-order valence-electron chi connectivity index (χ3n) is 1.73. The summed E-state index contributed by atoms with van der Waals surface area (Å²) in [6.45, 7) is 1.34. The Kier molecular flexibility index (Phi) is 4.37. The summed E-state index contributed by atoms with van der Waals surface area (Å²) in [7, 11) is 0.